The lowest BCUT2D eigenvalue weighted by Crippen LogP contribution is -2.36. The van der Waals surface area contributed by atoms with Crippen molar-refractivity contribution in [2.24, 2.45) is 0 Å². The molecule has 0 aromatic heterocycles. The fraction of sp³-hybridized carbons (Fsp3) is 0.571. The summed E-state index contributed by atoms with van der Waals surface area (Å²) in [5.74, 6) is 0. The summed E-state index contributed by atoms with van der Waals surface area (Å²) >= 11 is 6.70. The molecule has 2 rings (SSSR count). The molecular weight excluding hydrogens is 406 g/mol. The molecule has 0 amide bonds. The summed E-state index contributed by atoms with van der Waals surface area (Å²) < 4.78 is 28.5. The first-order valence-corrected chi connectivity index (χ1v) is 9.88. The van der Waals surface area contributed by atoms with E-state index in [4.69, 9.17) is 0 Å². The summed E-state index contributed by atoms with van der Waals surface area (Å²) in [6.07, 6.45) is 6.59. The summed E-state index contributed by atoms with van der Waals surface area (Å²) in [6, 6.07) is 5.31. The van der Waals surface area contributed by atoms with Gasteiger partial charge in [-0.25, -0.2) is 8.42 Å². The van der Waals surface area contributed by atoms with Crippen molar-refractivity contribution in [3.05, 3.63) is 27.1 Å². The van der Waals surface area contributed by atoms with Gasteiger partial charge < -0.3 is 0 Å². The Hall–Kier alpha value is 0.0900. The normalized spacial score (nSPS) is 18.2. The van der Waals surface area contributed by atoms with E-state index in [1.165, 1.54) is 12.8 Å². The maximum Gasteiger partial charge on any atom is 0.244 e. The Balaban J connectivity index is 2.28. The molecule has 0 aliphatic heterocycles. The monoisotopic (exact) mass is 423 g/mol. The van der Waals surface area contributed by atoms with Crippen LogP contribution in [0, 0.1) is 0 Å². The van der Waals surface area contributed by atoms with Crippen LogP contribution in [-0.2, 0) is 10.0 Å². The molecule has 20 heavy (non-hydrogen) atoms. The molecule has 1 fully saturated rings. The molecule has 1 aromatic carbocycles. The van der Waals surface area contributed by atoms with Crippen LogP contribution in [0.5, 0.6) is 0 Å². The van der Waals surface area contributed by atoms with Gasteiger partial charge >= 0.3 is 0 Å². The fourth-order valence-corrected chi connectivity index (χ4v) is 5.78. The molecule has 1 aliphatic carbocycles. The molecule has 0 bridgehead atoms. The molecule has 6 heteroatoms. The maximum absolute atomic E-state index is 12.8. The third-order valence-electron chi connectivity index (χ3n) is 3.89. The van der Waals surface area contributed by atoms with Crippen LogP contribution in [0.2, 0.25) is 0 Å². The molecule has 0 heterocycles. The summed E-state index contributed by atoms with van der Waals surface area (Å²) in [6.45, 7) is 0. The van der Waals surface area contributed by atoms with Crippen molar-refractivity contribution in [2.75, 3.05) is 7.05 Å². The average Bonchev–Trinajstić information content (AvgIpc) is 2.66. The highest BCUT2D eigenvalue weighted by Crippen LogP contribution is 2.31. The molecule has 1 saturated carbocycles. The lowest BCUT2D eigenvalue weighted by atomic mass is 10.1. The highest BCUT2D eigenvalue weighted by molar-refractivity contribution is 9.11. The largest absolute Gasteiger partial charge is 0.244 e. The third-order valence-corrected chi connectivity index (χ3v) is 7.27. The van der Waals surface area contributed by atoms with E-state index in [-0.39, 0.29) is 6.04 Å². The Kier molecular flexibility index (Phi) is 5.68. The SMILES string of the molecule is CN(C1CCCCCC1)S(=O)(=O)c1ccc(Br)cc1Br. The highest BCUT2D eigenvalue weighted by atomic mass is 79.9. The topological polar surface area (TPSA) is 37.4 Å². The van der Waals surface area contributed by atoms with Gasteiger partial charge in [0.25, 0.3) is 0 Å². The molecule has 3 nitrogen and oxygen atoms in total. The first-order chi connectivity index (χ1) is 9.43. The van der Waals surface area contributed by atoms with Crippen molar-refractivity contribution >= 4 is 41.9 Å². The van der Waals surface area contributed by atoms with Gasteiger partial charge in [0, 0.05) is 22.0 Å². The quantitative estimate of drug-likeness (QED) is 0.667. The number of halogens is 2. The van der Waals surface area contributed by atoms with Gasteiger partial charge in [0.05, 0.1) is 4.90 Å². The van der Waals surface area contributed by atoms with E-state index in [9.17, 15) is 8.42 Å². The molecule has 0 atom stereocenters. The van der Waals surface area contributed by atoms with Gasteiger partial charge in [-0.3, -0.25) is 0 Å². The van der Waals surface area contributed by atoms with Crippen LogP contribution in [0.4, 0.5) is 0 Å². The van der Waals surface area contributed by atoms with Crippen LogP contribution in [0.15, 0.2) is 32.0 Å². The Bertz CT molecular complexity index is 567. The van der Waals surface area contributed by atoms with Crippen LogP contribution >= 0.6 is 31.9 Å². The first kappa shape index (κ1) is 16.5. The lowest BCUT2D eigenvalue weighted by Gasteiger charge is -2.26. The minimum atomic E-state index is -3.44. The molecule has 1 aromatic rings. The Labute approximate surface area is 138 Å². The minimum Gasteiger partial charge on any atom is -0.207 e. The number of sulfonamides is 1. The van der Waals surface area contributed by atoms with Crippen molar-refractivity contribution in [2.45, 2.75) is 49.5 Å². The molecule has 0 spiro atoms. The Morgan fingerprint density at radius 3 is 2.25 bits per heavy atom. The second kappa shape index (κ2) is 6.90. The zero-order valence-corrected chi connectivity index (χ0v) is 15.5. The van der Waals surface area contributed by atoms with E-state index in [1.807, 2.05) is 0 Å². The number of rotatable bonds is 3. The van der Waals surface area contributed by atoms with Crippen molar-refractivity contribution in [1.82, 2.24) is 4.31 Å². The van der Waals surface area contributed by atoms with Crippen molar-refractivity contribution in [1.29, 1.82) is 0 Å². The fourth-order valence-electron chi connectivity index (χ4n) is 2.66. The van der Waals surface area contributed by atoms with Crippen LogP contribution in [0.1, 0.15) is 38.5 Å². The average molecular weight is 425 g/mol. The summed E-state index contributed by atoms with van der Waals surface area (Å²) in [4.78, 5) is 0.340. The second-order valence-corrected chi connectivity index (χ2v) is 8.98. The minimum absolute atomic E-state index is 0.123. The number of hydrogen-bond donors (Lipinski definition) is 0. The van der Waals surface area contributed by atoms with Gasteiger partial charge in [0.1, 0.15) is 0 Å². The lowest BCUT2D eigenvalue weighted by molar-refractivity contribution is 0.335. The Morgan fingerprint density at radius 2 is 1.70 bits per heavy atom. The zero-order chi connectivity index (χ0) is 14.8. The zero-order valence-electron chi connectivity index (χ0n) is 11.5. The van der Waals surface area contributed by atoms with Crippen LogP contribution in [0.3, 0.4) is 0 Å². The van der Waals surface area contributed by atoms with Crippen molar-refractivity contribution in [3.8, 4) is 0 Å². The van der Waals surface area contributed by atoms with Crippen LogP contribution in [0.25, 0.3) is 0 Å². The molecule has 0 unspecified atom stereocenters. The van der Waals surface area contributed by atoms with Gasteiger partial charge in [-0.05, 0) is 47.0 Å². The van der Waals surface area contributed by atoms with E-state index in [1.54, 1.807) is 29.6 Å². The van der Waals surface area contributed by atoms with E-state index in [0.717, 1.165) is 30.2 Å². The van der Waals surface area contributed by atoms with Gasteiger partial charge in [-0.2, -0.15) is 4.31 Å². The number of nitrogens with zero attached hydrogens (tertiary/aromatic N) is 1. The molecule has 0 radical (unpaired) electrons. The maximum atomic E-state index is 12.8. The molecule has 112 valence electrons. The highest BCUT2D eigenvalue weighted by Gasteiger charge is 2.29. The second-order valence-electron chi connectivity index (χ2n) is 5.24. The third kappa shape index (κ3) is 3.64. The Morgan fingerprint density at radius 1 is 1.10 bits per heavy atom. The number of benzene rings is 1. The molecular formula is C14H19Br2NO2S. The summed E-state index contributed by atoms with van der Waals surface area (Å²) in [5.41, 5.74) is 0. The predicted molar refractivity (Wildman–Crippen MR) is 88.3 cm³/mol. The van der Waals surface area contributed by atoms with Gasteiger partial charge in [-0.1, -0.05) is 41.6 Å². The van der Waals surface area contributed by atoms with Gasteiger partial charge in [-0.15, -0.1) is 0 Å². The van der Waals surface area contributed by atoms with E-state index in [0.29, 0.717) is 9.37 Å². The van der Waals surface area contributed by atoms with E-state index in [2.05, 4.69) is 31.9 Å². The van der Waals surface area contributed by atoms with Gasteiger partial charge in [0.15, 0.2) is 0 Å². The predicted octanol–water partition coefficient (Wildman–Crippen LogP) is 4.55. The summed E-state index contributed by atoms with van der Waals surface area (Å²) in [5, 5.41) is 0. The molecule has 0 saturated heterocycles. The van der Waals surface area contributed by atoms with Crippen molar-refractivity contribution < 1.29 is 8.42 Å². The number of hydrogen-bond acceptors (Lipinski definition) is 2. The molecule has 1 aliphatic rings. The summed E-state index contributed by atoms with van der Waals surface area (Å²) in [7, 11) is -1.73. The standard InChI is InChI=1S/C14H19Br2NO2S/c1-17(12-6-4-2-3-5-7-12)20(18,19)14-9-8-11(15)10-13(14)16/h8-10,12H,2-7H2,1H3. The molecule has 0 N–H and O–H groups in total. The van der Waals surface area contributed by atoms with Gasteiger partial charge in [0.2, 0.25) is 10.0 Å². The van der Waals surface area contributed by atoms with E-state index >= 15 is 0 Å². The van der Waals surface area contributed by atoms with E-state index < -0.39 is 10.0 Å². The van der Waals surface area contributed by atoms with Crippen LogP contribution in [-0.4, -0.2) is 25.8 Å². The first-order valence-electron chi connectivity index (χ1n) is 6.86. The van der Waals surface area contributed by atoms with Crippen LogP contribution < -0.4 is 0 Å². The van der Waals surface area contributed by atoms with Crippen molar-refractivity contribution in [3.63, 3.8) is 0 Å². The smallest absolute Gasteiger partial charge is 0.207 e.